The summed E-state index contributed by atoms with van der Waals surface area (Å²) in [6.45, 7) is 2.09. The molecule has 0 aliphatic carbocycles. The van der Waals surface area contributed by atoms with E-state index in [4.69, 9.17) is 9.47 Å². The number of ether oxygens (including phenoxy) is 2. The average molecular weight is 313 g/mol. The molecule has 2 rings (SSSR count). The maximum absolute atomic E-state index is 12.0. The number of carbonyl (C=O) groups is 2. The van der Waals surface area contributed by atoms with Crippen molar-refractivity contribution < 1.29 is 19.1 Å². The summed E-state index contributed by atoms with van der Waals surface area (Å²) in [6.07, 6.45) is 0. The lowest BCUT2D eigenvalue weighted by Crippen LogP contribution is -2.18. The fourth-order valence-corrected chi connectivity index (χ4v) is 1.98. The van der Waals surface area contributed by atoms with Crippen LogP contribution in [-0.2, 0) is 22.7 Å². The molecule has 23 heavy (non-hydrogen) atoms. The van der Waals surface area contributed by atoms with E-state index in [1.165, 1.54) is 6.92 Å². The third-order valence-electron chi connectivity index (χ3n) is 3.24. The van der Waals surface area contributed by atoms with Crippen LogP contribution in [0.25, 0.3) is 0 Å². The summed E-state index contributed by atoms with van der Waals surface area (Å²) in [4.78, 5) is 22.9. The van der Waals surface area contributed by atoms with Crippen molar-refractivity contribution in [2.75, 3.05) is 7.11 Å². The summed E-state index contributed by atoms with van der Waals surface area (Å²) in [5.41, 5.74) is 2.25. The molecule has 120 valence electrons. The van der Waals surface area contributed by atoms with Gasteiger partial charge in [-0.25, -0.2) is 4.79 Å². The molecule has 0 radical (unpaired) electrons. The molecule has 2 aromatic rings. The van der Waals surface area contributed by atoms with Crippen molar-refractivity contribution in [3.63, 3.8) is 0 Å². The zero-order valence-electron chi connectivity index (χ0n) is 13.2. The van der Waals surface area contributed by atoms with Gasteiger partial charge in [0.1, 0.15) is 12.4 Å². The minimum absolute atomic E-state index is 0.0909. The van der Waals surface area contributed by atoms with Gasteiger partial charge in [0.2, 0.25) is 5.91 Å². The fourth-order valence-electron chi connectivity index (χ4n) is 1.98. The van der Waals surface area contributed by atoms with Gasteiger partial charge in [-0.1, -0.05) is 24.3 Å². The van der Waals surface area contributed by atoms with Gasteiger partial charge >= 0.3 is 5.97 Å². The molecule has 0 bridgehead atoms. The van der Waals surface area contributed by atoms with Crippen LogP contribution in [0.15, 0.2) is 48.5 Å². The van der Waals surface area contributed by atoms with Gasteiger partial charge in [0.15, 0.2) is 0 Å². The molecule has 0 fully saturated rings. The van der Waals surface area contributed by atoms with Crippen LogP contribution in [0.4, 0.5) is 0 Å². The quantitative estimate of drug-likeness (QED) is 0.833. The highest BCUT2D eigenvalue weighted by molar-refractivity contribution is 5.89. The topological polar surface area (TPSA) is 64.6 Å². The maximum Gasteiger partial charge on any atom is 0.338 e. The summed E-state index contributed by atoms with van der Waals surface area (Å²) >= 11 is 0. The van der Waals surface area contributed by atoms with E-state index in [2.05, 4.69) is 5.32 Å². The third kappa shape index (κ3) is 5.14. The highest BCUT2D eigenvalue weighted by atomic mass is 16.5. The highest BCUT2D eigenvalue weighted by Gasteiger charge is 2.08. The van der Waals surface area contributed by atoms with Gasteiger partial charge in [-0.15, -0.1) is 0 Å². The summed E-state index contributed by atoms with van der Waals surface area (Å²) in [5.74, 6) is 0.242. The van der Waals surface area contributed by atoms with Crippen molar-refractivity contribution in [3.8, 4) is 5.75 Å². The first-order valence-corrected chi connectivity index (χ1v) is 7.22. The number of nitrogens with one attached hydrogen (secondary N) is 1. The van der Waals surface area contributed by atoms with E-state index in [1.54, 1.807) is 31.4 Å². The first-order chi connectivity index (χ1) is 11.1. The molecule has 0 saturated heterocycles. The number of hydrogen-bond acceptors (Lipinski definition) is 4. The lowest BCUT2D eigenvalue weighted by Gasteiger charge is -2.07. The lowest BCUT2D eigenvalue weighted by molar-refractivity contribution is -0.119. The average Bonchev–Trinajstić information content (AvgIpc) is 2.58. The highest BCUT2D eigenvalue weighted by Crippen LogP contribution is 2.14. The van der Waals surface area contributed by atoms with Gasteiger partial charge in [-0.2, -0.15) is 0 Å². The molecular weight excluding hydrogens is 294 g/mol. The van der Waals surface area contributed by atoms with Crippen molar-refractivity contribution in [1.82, 2.24) is 5.32 Å². The smallest absolute Gasteiger partial charge is 0.338 e. The molecule has 0 atom stereocenters. The summed E-state index contributed by atoms with van der Waals surface area (Å²) < 4.78 is 10.4. The van der Waals surface area contributed by atoms with Crippen LogP contribution in [0.5, 0.6) is 5.75 Å². The Hall–Kier alpha value is -2.82. The molecule has 1 N–H and O–H groups in total. The van der Waals surface area contributed by atoms with Crippen LogP contribution in [0, 0.1) is 0 Å². The number of hydrogen-bond donors (Lipinski definition) is 1. The van der Waals surface area contributed by atoms with Crippen molar-refractivity contribution in [1.29, 1.82) is 0 Å². The molecule has 0 unspecified atom stereocenters. The van der Waals surface area contributed by atoms with Gasteiger partial charge in [0.05, 0.1) is 12.7 Å². The zero-order valence-corrected chi connectivity index (χ0v) is 13.2. The fraction of sp³-hybridized carbons (Fsp3) is 0.222. The van der Waals surface area contributed by atoms with E-state index < -0.39 is 0 Å². The molecule has 0 aliphatic rings. The van der Waals surface area contributed by atoms with E-state index in [1.807, 2.05) is 24.3 Å². The van der Waals surface area contributed by atoms with Crippen molar-refractivity contribution >= 4 is 11.9 Å². The van der Waals surface area contributed by atoms with Gasteiger partial charge in [-0.05, 0) is 35.4 Å². The Kier molecular flexibility index (Phi) is 5.74. The number of carbonyl (C=O) groups excluding carboxylic acids is 2. The molecule has 0 aromatic heterocycles. The summed E-state index contributed by atoms with van der Waals surface area (Å²) in [5, 5.41) is 2.70. The van der Waals surface area contributed by atoms with Gasteiger partial charge < -0.3 is 14.8 Å². The number of methoxy groups -OCH3 is 1. The predicted octanol–water partition coefficient (Wildman–Crippen LogP) is 2.69. The molecule has 0 spiro atoms. The van der Waals surface area contributed by atoms with Gasteiger partial charge in [-0.3, -0.25) is 4.79 Å². The van der Waals surface area contributed by atoms with Crippen LogP contribution >= 0.6 is 0 Å². The zero-order chi connectivity index (χ0) is 16.7. The van der Waals surface area contributed by atoms with Crippen LogP contribution in [0.2, 0.25) is 0 Å². The molecule has 0 aliphatic heterocycles. The monoisotopic (exact) mass is 313 g/mol. The van der Waals surface area contributed by atoms with Crippen LogP contribution in [-0.4, -0.2) is 19.0 Å². The van der Waals surface area contributed by atoms with E-state index in [9.17, 15) is 9.59 Å². The van der Waals surface area contributed by atoms with Crippen LogP contribution in [0.3, 0.4) is 0 Å². The lowest BCUT2D eigenvalue weighted by atomic mass is 10.1. The number of amides is 1. The molecule has 2 aromatic carbocycles. The Balaban J connectivity index is 1.91. The van der Waals surface area contributed by atoms with Crippen molar-refractivity contribution in [2.45, 2.75) is 20.1 Å². The second-order valence-corrected chi connectivity index (χ2v) is 5.03. The number of rotatable bonds is 6. The standard InChI is InChI=1S/C18H19NO4/c1-13(20)19-11-14-6-8-16(9-7-14)18(21)23-12-15-4-3-5-17(10-15)22-2/h3-10H,11-12H2,1-2H3,(H,19,20). The van der Waals surface area contributed by atoms with E-state index in [0.717, 1.165) is 16.9 Å². The second-order valence-electron chi connectivity index (χ2n) is 5.03. The number of benzene rings is 2. The molecule has 0 saturated carbocycles. The second kappa shape index (κ2) is 7.98. The third-order valence-corrected chi connectivity index (χ3v) is 3.24. The number of esters is 1. The van der Waals surface area contributed by atoms with E-state index in [-0.39, 0.29) is 18.5 Å². The minimum Gasteiger partial charge on any atom is -0.497 e. The maximum atomic E-state index is 12.0. The Morgan fingerprint density at radius 1 is 1.04 bits per heavy atom. The van der Waals surface area contributed by atoms with E-state index in [0.29, 0.717) is 12.1 Å². The molecule has 0 heterocycles. The SMILES string of the molecule is COc1cccc(COC(=O)c2ccc(CNC(C)=O)cc2)c1. The normalized spacial score (nSPS) is 10.0. The molecule has 1 amide bonds. The van der Waals surface area contributed by atoms with E-state index >= 15 is 0 Å². The van der Waals surface area contributed by atoms with Crippen LogP contribution < -0.4 is 10.1 Å². The Morgan fingerprint density at radius 2 is 1.78 bits per heavy atom. The van der Waals surface area contributed by atoms with Crippen molar-refractivity contribution in [3.05, 3.63) is 65.2 Å². The van der Waals surface area contributed by atoms with Gasteiger partial charge in [0.25, 0.3) is 0 Å². The molecule has 5 heteroatoms. The van der Waals surface area contributed by atoms with Gasteiger partial charge in [0, 0.05) is 13.5 Å². The van der Waals surface area contributed by atoms with Crippen molar-refractivity contribution in [2.24, 2.45) is 0 Å². The Morgan fingerprint density at radius 3 is 2.43 bits per heavy atom. The van der Waals surface area contributed by atoms with Crippen LogP contribution in [0.1, 0.15) is 28.4 Å². The molecular formula is C18H19NO4. The predicted molar refractivity (Wildman–Crippen MR) is 86.1 cm³/mol. The summed E-state index contributed by atoms with van der Waals surface area (Å²) in [7, 11) is 1.59. The Labute approximate surface area is 135 Å². The first kappa shape index (κ1) is 16.5. The molecule has 5 nitrogen and oxygen atoms in total. The first-order valence-electron chi connectivity index (χ1n) is 7.22. The minimum atomic E-state index is -0.390. The summed E-state index contributed by atoms with van der Waals surface area (Å²) in [6, 6.07) is 14.3. The Bertz CT molecular complexity index is 680. The largest absolute Gasteiger partial charge is 0.497 e.